The molecule has 1 aliphatic rings. The molecule has 23 heavy (non-hydrogen) atoms. The van der Waals surface area contributed by atoms with Crippen molar-refractivity contribution in [1.82, 2.24) is 9.55 Å². The predicted octanol–water partition coefficient (Wildman–Crippen LogP) is 0.934. The standard InChI is InChI=1S/C16H23N3O4/c20-10-4-8-17-11-13-14(21)18-16(23)19(15(13)22)9-7-12-5-2-1-3-6-12/h5,11,20,22H,1-4,6-10H2,(H,18,21,23). The summed E-state index contributed by atoms with van der Waals surface area (Å²) in [7, 11) is 0. The van der Waals surface area contributed by atoms with Gasteiger partial charge in [-0.3, -0.25) is 19.3 Å². The van der Waals surface area contributed by atoms with E-state index in [4.69, 9.17) is 5.11 Å². The van der Waals surface area contributed by atoms with Gasteiger partial charge in [-0.2, -0.15) is 0 Å². The number of H-pyrrole nitrogens is 1. The van der Waals surface area contributed by atoms with Crippen molar-refractivity contribution < 1.29 is 10.2 Å². The van der Waals surface area contributed by atoms with E-state index >= 15 is 0 Å². The highest BCUT2D eigenvalue weighted by atomic mass is 16.3. The van der Waals surface area contributed by atoms with Crippen LogP contribution in [0.5, 0.6) is 5.88 Å². The second-order valence-electron chi connectivity index (χ2n) is 5.62. The van der Waals surface area contributed by atoms with E-state index < -0.39 is 11.2 Å². The normalized spacial score (nSPS) is 15.1. The van der Waals surface area contributed by atoms with Gasteiger partial charge in [-0.25, -0.2) is 4.79 Å². The molecule has 0 aromatic carbocycles. The summed E-state index contributed by atoms with van der Waals surface area (Å²) in [5, 5.41) is 18.9. The number of aromatic nitrogens is 2. The molecule has 0 aliphatic heterocycles. The highest BCUT2D eigenvalue weighted by Crippen LogP contribution is 2.21. The van der Waals surface area contributed by atoms with E-state index in [1.807, 2.05) is 0 Å². The largest absolute Gasteiger partial charge is 0.494 e. The monoisotopic (exact) mass is 321 g/mol. The van der Waals surface area contributed by atoms with Gasteiger partial charge in [-0.05, 0) is 38.5 Å². The molecule has 0 saturated heterocycles. The van der Waals surface area contributed by atoms with E-state index in [-0.39, 0.29) is 18.1 Å². The Morgan fingerprint density at radius 1 is 1.35 bits per heavy atom. The fraction of sp³-hybridized carbons (Fsp3) is 0.562. The average Bonchev–Trinajstić information content (AvgIpc) is 2.54. The summed E-state index contributed by atoms with van der Waals surface area (Å²) in [6, 6.07) is 0. The van der Waals surface area contributed by atoms with Gasteiger partial charge in [0.15, 0.2) is 0 Å². The molecule has 0 unspecified atom stereocenters. The second kappa shape index (κ2) is 8.47. The molecule has 0 amide bonds. The van der Waals surface area contributed by atoms with Gasteiger partial charge in [-0.15, -0.1) is 0 Å². The smallest absolute Gasteiger partial charge is 0.331 e. The van der Waals surface area contributed by atoms with E-state index in [1.54, 1.807) is 0 Å². The summed E-state index contributed by atoms with van der Waals surface area (Å²) < 4.78 is 1.17. The Morgan fingerprint density at radius 3 is 2.87 bits per heavy atom. The lowest BCUT2D eigenvalue weighted by Crippen LogP contribution is -2.32. The third-order valence-corrected chi connectivity index (χ3v) is 3.91. The van der Waals surface area contributed by atoms with Gasteiger partial charge in [0.1, 0.15) is 5.56 Å². The van der Waals surface area contributed by atoms with E-state index in [2.05, 4.69) is 16.1 Å². The molecule has 0 spiro atoms. The Morgan fingerprint density at radius 2 is 2.17 bits per heavy atom. The maximum absolute atomic E-state index is 11.9. The number of rotatable bonds is 7. The minimum absolute atomic E-state index is 0.00822. The fourth-order valence-electron chi connectivity index (χ4n) is 2.60. The van der Waals surface area contributed by atoms with Crippen LogP contribution in [-0.2, 0) is 6.54 Å². The molecule has 7 heteroatoms. The number of aliphatic imine (C=N–C) groups is 1. The SMILES string of the molecule is O=c1[nH]c(=O)n(CCC2=CCCCC2)c(O)c1C=NCCCO. The van der Waals surface area contributed by atoms with Crippen molar-refractivity contribution in [2.24, 2.45) is 4.99 Å². The summed E-state index contributed by atoms with van der Waals surface area (Å²) in [5.74, 6) is -0.358. The quantitative estimate of drug-likeness (QED) is 0.394. The topological polar surface area (TPSA) is 108 Å². The van der Waals surface area contributed by atoms with Crippen LogP contribution in [0.15, 0.2) is 26.2 Å². The molecule has 1 aliphatic carbocycles. The van der Waals surface area contributed by atoms with Crippen molar-refractivity contribution in [2.75, 3.05) is 13.2 Å². The van der Waals surface area contributed by atoms with Crippen LogP contribution in [0.1, 0.15) is 44.1 Å². The first-order valence-electron chi connectivity index (χ1n) is 7.98. The summed E-state index contributed by atoms with van der Waals surface area (Å²) in [5.41, 5.74) is -0.0168. The average molecular weight is 321 g/mol. The third-order valence-electron chi connectivity index (χ3n) is 3.91. The molecule has 7 nitrogen and oxygen atoms in total. The van der Waals surface area contributed by atoms with Gasteiger partial charge in [0.25, 0.3) is 5.56 Å². The summed E-state index contributed by atoms with van der Waals surface area (Å²) in [6.07, 6.45) is 9.03. The van der Waals surface area contributed by atoms with Crippen LogP contribution >= 0.6 is 0 Å². The van der Waals surface area contributed by atoms with Gasteiger partial charge in [0, 0.05) is 25.9 Å². The Balaban J connectivity index is 2.18. The Bertz CT molecular complexity index is 700. The van der Waals surface area contributed by atoms with Crippen molar-refractivity contribution in [3.8, 4) is 5.88 Å². The molecule has 0 fully saturated rings. The predicted molar refractivity (Wildman–Crippen MR) is 88.3 cm³/mol. The van der Waals surface area contributed by atoms with Gasteiger partial charge >= 0.3 is 5.69 Å². The molecule has 0 saturated carbocycles. The Kier molecular flexibility index (Phi) is 6.34. The number of hydrogen-bond donors (Lipinski definition) is 3. The number of allylic oxidation sites excluding steroid dienone is 2. The van der Waals surface area contributed by atoms with Crippen LogP contribution in [0.4, 0.5) is 0 Å². The highest BCUT2D eigenvalue weighted by Gasteiger charge is 2.13. The third kappa shape index (κ3) is 4.66. The van der Waals surface area contributed by atoms with Crippen molar-refractivity contribution in [3.05, 3.63) is 38.1 Å². The first kappa shape index (κ1) is 17.2. The molecular weight excluding hydrogens is 298 g/mol. The lowest BCUT2D eigenvalue weighted by molar-refractivity contribution is 0.291. The lowest BCUT2D eigenvalue weighted by atomic mass is 9.97. The lowest BCUT2D eigenvalue weighted by Gasteiger charge is -2.14. The maximum Gasteiger partial charge on any atom is 0.331 e. The van der Waals surface area contributed by atoms with E-state index in [0.717, 1.165) is 19.3 Å². The number of hydrogen-bond acceptors (Lipinski definition) is 5. The van der Waals surface area contributed by atoms with Crippen molar-refractivity contribution in [3.63, 3.8) is 0 Å². The molecule has 1 heterocycles. The number of nitrogens with one attached hydrogen (secondary N) is 1. The zero-order valence-corrected chi connectivity index (χ0v) is 13.1. The van der Waals surface area contributed by atoms with Crippen LogP contribution in [0.25, 0.3) is 0 Å². The number of aromatic hydroxyl groups is 1. The fourth-order valence-corrected chi connectivity index (χ4v) is 2.60. The van der Waals surface area contributed by atoms with E-state index in [0.29, 0.717) is 25.9 Å². The zero-order chi connectivity index (χ0) is 16.7. The Hall–Kier alpha value is -2.15. The first-order valence-corrected chi connectivity index (χ1v) is 7.98. The van der Waals surface area contributed by atoms with Crippen molar-refractivity contribution in [1.29, 1.82) is 0 Å². The highest BCUT2D eigenvalue weighted by molar-refractivity contribution is 5.81. The Labute approximate surface area is 134 Å². The zero-order valence-electron chi connectivity index (χ0n) is 13.1. The number of aromatic amines is 1. The summed E-state index contributed by atoms with van der Waals surface area (Å²) >= 11 is 0. The first-order chi connectivity index (χ1) is 11.1. The van der Waals surface area contributed by atoms with Gasteiger partial charge < -0.3 is 10.2 Å². The molecule has 126 valence electrons. The van der Waals surface area contributed by atoms with Crippen LogP contribution in [0.3, 0.4) is 0 Å². The van der Waals surface area contributed by atoms with E-state index in [9.17, 15) is 14.7 Å². The van der Waals surface area contributed by atoms with E-state index in [1.165, 1.54) is 22.8 Å². The maximum atomic E-state index is 11.9. The minimum Gasteiger partial charge on any atom is -0.494 e. The van der Waals surface area contributed by atoms with Crippen LogP contribution in [0, 0.1) is 0 Å². The molecule has 0 atom stereocenters. The van der Waals surface area contributed by atoms with Gasteiger partial charge in [0.2, 0.25) is 5.88 Å². The number of aliphatic hydroxyl groups is 1. The van der Waals surface area contributed by atoms with Gasteiger partial charge in [0.05, 0.1) is 0 Å². The molecule has 3 N–H and O–H groups in total. The van der Waals surface area contributed by atoms with Crippen LogP contribution in [-0.4, -0.2) is 39.1 Å². The number of aliphatic hydroxyl groups excluding tert-OH is 1. The van der Waals surface area contributed by atoms with Crippen LogP contribution in [0.2, 0.25) is 0 Å². The molecule has 0 bridgehead atoms. The summed E-state index contributed by atoms with van der Waals surface area (Å²) in [6.45, 7) is 0.681. The summed E-state index contributed by atoms with van der Waals surface area (Å²) in [4.78, 5) is 29.9. The van der Waals surface area contributed by atoms with Crippen LogP contribution < -0.4 is 11.2 Å². The second-order valence-corrected chi connectivity index (χ2v) is 5.62. The molecule has 1 aromatic heterocycles. The van der Waals surface area contributed by atoms with Crippen molar-refractivity contribution in [2.45, 2.75) is 45.1 Å². The molecule has 2 rings (SSSR count). The minimum atomic E-state index is -0.659. The van der Waals surface area contributed by atoms with Crippen molar-refractivity contribution >= 4 is 6.21 Å². The molecular formula is C16H23N3O4. The number of nitrogens with zero attached hydrogens (tertiary/aromatic N) is 2. The van der Waals surface area contributed by atoms with Gasteiger partial charge in [-0.1, -0.05) is 11.6 Å². The molecule has 1 aromatic rings. The molecule has 0 radical (unpaired) electrons.